The Labute approximate surface area is 91.2 Å². The van der Waals surface area contributed by atoms with Gasteiger partial charge in [-0.3, -0.25) is 9.59 Å². The molecule has 0 radical (unpaired) electrons. The first-order valence-corrected chi connectivity index (χ1v) is 5.56. The minimum absolute atomic E-state index is 0.117. The molecule has 86 valence electrons. The van der Waals surface area contributed by atoms with Crippen LogP contribution in [0.1, 0.15) is 27.2 Å². The summed E-state index contributed by atoms with van der Waals surface area (Å²) in [6.07, 6.45) is 1.91. The molecule has 0 saturated carbocycles. The zero-order chi connectivity index (χ0) is 11.4. The van der Waals surface area contributed by atoms with Gasteiger partial charge in [-0.25, -0.2) is 0 Å². The van der Waals surface area contributed by atoms with Gasteiger partial charge in [0, 0.05) is 26.6 Å². The van der Waals surface area contributed by atoms with E-state index in [-0.39, 0.29) is 11.9 Å². The number of hydrogen-bond acceptors (Lipinski definition) is 2. The van der Waals surface area contributed by atoms with Crippen LogP contribution in [0.15, 0.2) is 0 Å². The average molecular weight is 212 g/mol. The number of amides is 2. The Morgan fingerprint density at radius 1 is 1.53 bits per heavy atom. The van der Waals surface area contributed by atoms with Crippen LogP contribution < -0.4 is 0 Å². The molecule has 0 spiro atoms. The highest BCUT2D eigenvalue weighted by molar-refractivity contribution is 5.74. The summed E-state index contributed by atoms with van der Waals surface area (Å²) in [5, 5.41) is 0. The van der Waals surface area contributed by atoms with Crippen LogP contribution in [-0.2, 0) is 9.59 Å². The standard InChI is InChI=1S/C11H20N2O2/c1-4-9(2)11-7-12(8-14)5-6-13(11)10(3)15/h8-9,11H,4-7H2,1-3H3/t9-,11?/m0/s1. The van der Waals surface area contributed by atoms with Crippen molar-refractivity contribution in [3.63, 3.8) is 0 Å². The number of hydrogen-bond donors (Lipinski definition) is 0. The summed E-state index contributed by atoms with van der Waals surface area (Å²) >= 11 is 0. The highest BCUT2D eigenvalue weighted by atomic mass is 16.2. The molecule has 1 rings (SSSR count). The molecule has 0 aromatic heterocycles. The summed E-state index contributed by atoms with van der Waals surface area (Å²) in [7, 11) is 0. The van der Waals surface area contributed by atoms with E-state index in [0.717, 1.165) is 12.8 Å². The van der Waals surface area contributed by atoms with Crippen LogP contribution in [0.25, 0.3) is 0 Å². The van der Waals surface area contributed by atoms with Crippen LogP contribution in [0.2, 0.25) is 0 Å². The van der Waals surface area contributed by atoms with Crippen molar-refractivity contribution in [2.24, 2.45) is 5.92 Å². The van der Waals surface area contributed by atoms with Crippen LogP contribution >= 0.6 is 0 Å². The summed E-state index contributed by atoms with van der Waals surface area (Å²) in [5.41, 5.74) is 0. The van der Waals surface area contributed by atoms with Crippen LogP contribution in [0.4, 0.5) is 0 Å². The average Bonchev–Trinajstić information content (AvgIpc) is 2.26. The molecular weight excluding hydrogens is 192 g/mol. The van der Waals surface area contributed by atoms with Gasteiger partial charge in [-0.05, 0) is 5.92 Å². The lowest BCUT2D eigenvalue weighted by atomic mass is 9.95. The SMILES string of the molecule is CC[C@H](C)C1CN(C=O)CCN1C(C)=O. The van der Waals surface area contributed by atoms with Gasteiger partial charge in [0.15, 0.2) is 0 Å². The molecule has 1 heterocycles. The van der Waals surface area contributed by atoms with Gasteiger partial charge in [0.25, 0.3) is 0 Å². The highest BCUT2D eigenvalue weighted by Gasteiger charge is 2.31. The molecule has 0 aliphatic carbocycles. The molecule has 0 aromatic carbocycles. The first kappa shape index (κ1) is 12.0. The zero-order valence-corrected chi connectivity index (χ0v) is 9.77. The first-order valence-electron chi connectivity index (χ1n) is 5.56. The summed E-state index contributed by atoms with van der Waals surface area (Å²) < 4.78 is 0. The van der Waals surface area contributed by atoms with Crippen molar-refractivity contribution in [3.05, 3.63) is 0 Å². The van der Waals surface area contributed by atoms with E-state index in [1.54, 1.807) is 11.8 Å². The largest absolute Gasteiger partial charge is 0.341 e. The topological polar surface area (TPSA) is 40.6 Å². The van der Waals surface area contributed by atoms with E-state index >= 15 is 0 Å². The second-order valence-corrected chi connectivity index (χ2v) is 4.27. The van der Waals surface area contributed by atoms with Gasteiger partial charge in [0.2, 0.25) is 12.3 Å². The van der Waals surface area contributed by atoms with Crippen molar-refractivity contribution in [2.45, 2.75) is 33.2 Å². The lowest BCUT2D eigenvalue weighted by molar-refractivity contribution is -0.138. The molecule has 2 atom stereocenters. The maximum atomic E-state index is 11.4. The van der Waals surface area contributed by atoms with Crippen molar-refractivity contribution >= 4 is 12.3 Å². The van der Waals surface area contributed by atoms with Gasteiger partial charge in [0.1, 0.15) is 0 Å². The third kappa shape index (κ3) is 2.70. The second kappa shape index (κ2) is 5.14. The quantitative estimate of drug-likeness (QED) is 0.647. The van der Waals surface area contributed by atoms with Crippen molar-refractivity contribution in [1.82, 2.24) is 9.80 Å². The monoisotopic (exact) mass is 212 g/mol. The molecular formula is C11H20N2O2. The van der Waals surface area contributed by atoms with E-state index in [0.29, 0.717) is 25.6 Å². The van der Waals surface area contributed by atoms with Crippen molar-refractivity contribution in [3.8, 4) is 0 Å². The summed E-state index contributed by atoms with van der Waals surface area (Å²) in [6.45, 7) is 7.86. The first-order chi connectivity index (χ1) is 7.10. The third-order valence-corrected chi connectivity index (χ3v) is 3.30. The summed E-state index contributed by atoms with van der Waals surface area (Å²) in [4.78, 5) is 25.8. The molecule has 1 aliphatic rings. The number of rotatable bonds is 3. The smallest absolute Gasteiger partial charge is 0.219 e. The molecule has 0 N–H and O–H groups in total. The van der Waals surface area contributed by atoms with Crippen LogP contribution in [0, 0.1) is 5.92 Å². The molecule has 15 heavy (non-hydrogen) atoms. The van der Waals surface area contributed by atoms with E-state index in [1.165, 1.54) is 0 Å². The minimum Gasteiger partial charge on any atom is -0.341 e. The summed E-state index contributed by atoms with van der Waals surface area (Å²) in [6, 6.07) is 0.187. The van der Waals surface area contributed by atoms with Crippen molar-refractivity contribution in [2.75, 3.05) is 19.6 Å². The molecule has 4 heteroatoms. The summed E-state index contributed by atoms with van der Waals surface area (Å²) in [5.74, 6) is 0.558. The Morgan fingerprint density at radius 3 is 2.67 bits per heavy atom. The highest BCUT2D eigenvalue weighted by Crippen LogP contribution is 2.19. The molecule has 4 nitrogen and oxygen atoms in total. The number of carbonyl (C=O) groups excluding carboxylic acids is 2. The molecule has 1 saturated heterocycles. The molecule has 2 amide bonds. The Balaban J connectivity index is 2.72. The fraction of sp³-hybridized carbons (Fsp3) is 0.818. The van der Waals surface area contributed by atoms with Gasteiger partial charge in [-0.2, -0.15) is 0 Å². The zero-order valence-electron chi connectivity index (χ0n) is 9.77. The van der Waals surface area contributed by atoms with Gasteiger partial charge in [0.05, 0.1) is 6.04 Å². The Hall–Kier alpha value is -1.06. The van der Waals surface area contributed by atoms with E-state index < -0.39 is 0 Å². The fourth-order valence-corrected chi connectivity index (χ4v) is 2.08. The van der Waals surface area contributed by atoms with Crippen LogP contribution in [0.3, 0.4) is 0 Å². The van der Waals surface area contributed by atoms with Gasteiger partial charge in [-0.15, -0.1) is 0 Å². The van der Waals surface area contributed by atoms with E-state index in [9.17, 15) is 9.59 Å². The number of nitrogens with zero attached hydrogens (tertiary/aromatic N) is 2. The Morgan fingerprint density at radius 2 is 2.20 bits per heavy atom. The van der Waals surface area contributed by atoms with Gasteiger partial charge >= 0.3 is 0 Å². The Kier molecular flexibility index (Phi) is 4.12. The van der Waals surface area contributed by atoms with Crippen LogP contribution in [-0.4, -0.2) is 47.8 Å². The molecule has 1 fully saturated rings. The number of carbonyl (C=O) groups is 2. The predicted molar refractivity (Wildman–Crippen MR) is 58.3 cm³/mol. The van der Waals surface area contributed by atoms with Crippen molar-refractivity contribution in [1.29, 1.82) is 0 Å². The van der Waals surface area contributed by atoms with E-state index in [4.69, 9.17) is 0 Å². The third-order valence-electron chi connectivity index (χ3n) is 3.30. The molecule has 0 bridgehead atoms. The predicted octanol–water partition coefficient (Wildman–Crippen LogP) is 0.722. The maximum absolute atomic E-state index is 11.4. The van der Waals surface area contributed by atoms with Gasteiger partial charge in [-0.1, -0.05) is 20.3 Å². The Bertz CT molecular complexity index is 243. The number of piperazine rings is 1. The second-order valence-electron chi connectivity index (χ2n) is 4.27. The fourth-order valence-electron chi connectivity index (χ4n) is 2.08. The molecule has 1 aliphatic heterocycles. The lowest BCUT2D eigenvalue weighted by Gasteiger charge is -2.42. The molecule has 0 aromatic rings. The maximum Gasteiger partial charge on any atom is 0.219 e. The molecule has 1 unspecified atom stereocenters. The van der Waals surface area contributed by atoms with E-state index in [2.05, 4.69) is 13.8 Å². The minimum atomic E-state index is 0.117. The van der Waals surface area contributed by atoms with Crippen molar-refractivity contribution < 1.29 is 9.59 Å². The van der Waals surface area contributed by atoms with E-state index in [1.807, 2.05) is 4.90 Å². The van der Waals surface area contributed by atoms with Crippen LogP contribution in [0.5, 0.6) is 0 Å². The van der Waals surface area contributed by atoms with Gasteiger partial charge < -0.3 is 9.80 Å². The normalized spacial score (nSPS) is 23.8. The lowest BCUT2D eigenvalue weighted by Crippen LogP contribution is -2.56.